The molecule has 0 spiro atoms. The molecule has 1 aliphatic carbocycles. The average Bonchev–Trinajstić information content (AvgIpc) is 3.60. The Hall–Kier alpha value is -3.11. The van der Waals surface area contributed by atoms with Crippen molar-refractivity contribution in [2.24, 2.45) is 0 Å². The number of alkyl halides is 3. The van der Waals surface area contributed by atoms with Crippen LogP contribution in [-0.2, 0) is 17.3 Å². The Morgan fingerprint density at radius 2 is 1.88 bits per heavy atom. The maximum absolute atomic E-state index is 12.9. The number of aromatic nitrogens is 3. The zero-order valence-corrected chi connectivity index (χ0v) is 17.6. The molecule has 3 heterocycles. The minimum absolute atomic E-state index is 0.0484. The molecule has 2 fully saturated rings. The van der Waals surface area contributed by atoms with E-state index < -0.39 is 29.5 Å². The van der Waals surface area contributed by atoms with E-state index in [-0.39, 0.29) is 12.0 Å². The third-order valence-electron chi connectivity index (χ3n) is 5.62. The van der Waals surface area contributed by atoms with E-state index in [0.29, 0.717) is 38.0 Å². The van der Waals surface area contributed by atoms with E-state index in [2.05, 4.69) is 15.0 Å². The minimum atomic E-state index is -4.74. The lowest BCUT2D eigenvalue weighted by Gasteiger charge is -2.34. The number of piperazine rings is 1. The summed E-state index contributed by atoms with van der Waals surface area (Å²) in [5.41, 5.74) is -1.07. The van der Waals surface area contributed by atoms with Gasteiger partial charge in [0, 0.05) is 51.2 Å². The molecule has 1 unspecified atom stereocenters. The number of pyridine rings is 1. The molecule has 1 saturated carbocycles. The summed E-state index contributed by atoms with van der Waals surface area (Å²) in [5, 5.41) is 0. The number of rotatable bonds is 5. The average molecular weight is 451 g/mol. The first-order valence-electron chi connectivity index (χ1n) is 10.5. The molecule has 4 rings (SSSR count). The van der Waals surface area contributed by atoms with Crippen LogP contribution in [0.2, 0.25) is 0 Å². The molecule has 1 saturated heterocycles. The van der Waals surface area contributed by atoms with Gasteiger partial charge in [-0.25, -0.2) is 14.8 Å². The van der Waals surface area contributed by atoms with E-state index in [0.717, 1.165) is 11.6 Å². The van der Waals surface area contributed by atoms with Crippen molar-refractivity contribution in [3.05, 3.63) is 51.7 Å². The molecule has 0 aromatic carbocycles. The summed E-state index contributed by atoms with van der Waals surface area (Å²) in [6, 6.07) is 0.788. The molecule has 2 aliphatic rings. The largest absolute Gasteiger partial charge is 0.446 e. The summed E-state index contributed by atoms with van der Waals surface area (Å²) >= 11 is 0. The van der Waals surface area contributed by atoms with Crippen LogP contribution in [0, 0.1) is 0 Å². The smallest absolute Gasteiger partial charge is 0.421 e. The topological polar surface area (TPSA) is 91.4 Å². The number of anilines is 1. The van der Waals surface area contributed by atoms with E-state index in [9.17, 15) is 22.8 Å². The predicted molar refractivity (Wildman–Crippen MR) is 110 cm³/mol. The molecule has 1 amide bonds. The van der Waals surface area contributed by atoms with E-state index in [4.69, 9.17) is 4.74 Å². The Kier molecular flexibility index (Phi) is 6.07. The number of H-pyrrole nitrogens is 1. The van der Waals surface area contributed by atoms with Gasteiger partial charge in [0.25, 0.3) is 5.56 Å². The lowest BCUT2D eigenvalue weighted by Crippen LogP contribution is -2.50. The molecule has 2 aromatic rings. The second-order valence-corrected chi connectivity index (χ2v) is 8.21. The zero-order chi connectivity index (χ0) is 22.9. The molecule has 1 atom stereocenters. The van der Waals surface area contributed by atoms with Crippen LogP contribution in [0.1, 0.15) is 42.4 Å². The third kappa shape index (κ3) is 5.20. The van der Waals surface area contributed by atoms with Crippen molar-refractivity contribution in [2.75, 3.05) is 31.1 Å². The van der Waals surface area contributed by atoms with Crippen molar-refractivity contribution in [3.8, 4) is 0 Å². The molecule has 8 nitrogen and oxygen atoms in total. The molecule has 0 radical (unpaired) electrons. The van der Waals surface area contributed by atoms with Crippen molar-refractivity contribution < 1.29 is 22.7 Å². The van der Waals surface area contributed by atoms with E-state index >= 15 is 0 Å². The highest BCUT2D eigenvalue weighted by Crippen LogP contribution is 2.39. The number of aromatic amines is 1. The van der Waals surface area contributed by atoms with Crippen LogP contribution in [0.5, 0.6) is 0 Å². The van der Waals surface area contributed by atoms with Gasteiger partial charge in [-0.15, -0.1) is 0 Å². The number of carbonyl (C=O) groups is 1. The van der Waals surface area contributed by atoms with Crippen molar-refractivity contribution in [3.63, 3.8) is 0 Å². The normalized spacial score (nSPS) is 17.9. The maximum Gasteiger partial charge on any atom is 0.421 e. The number of nitrogens with zero attached hydrogens (tertiary/aromatic N) is 4. The lowest BCUT2D eigenvalue weighted by molar-refractivity contribution is -0.138. The van der Waals surface area contributed by atoms with Crippen LogP contribution >= 0.6 is 0 Å². The summed E-state index contributed by atoms with van der Waals surface area (Å²) in [7, 11) is 0. The Bertz CT molecular complexity index is 1010. The molecular formula is C21H24F3N5O3. The van der Waals surface area contributed by atoms with Crippen molar-refractivity contribution in [1.82, 2.24) is 19.9 Å². The summed E-state index contributed by atoms with van der Waals surface area (Å²) in [4.78, 5) is 38.4. The predicted octanol–water partition coefficient (Wildman–Crippen LogP) is 2.95. The van der Waals surface area contributed by atoms with Gasteiger partial charge < -0.3 is 19.5 Å². The van der Waals surface area contributed by atoms with Gasteiger partial charge >= 0.3 is 12.3 Å². The number of halogens is 3. The number of carbonyl (C=O) groups excluding carboxylic acids is 1. The number of hydrogen-bond acceptors (Lipinski definition) is 6. The third-order valence-corrected chi connectivity index (χ3v) is 5.62. The van der Waals surface area contributed by atoms with Crippen LogP contribution in [0.15, 0.2) is 29.5 Å². The standard InChI is InChI=1S/C21H24F3N5O3/c1-13(8-14-9-17(21(22,23)24)18(30)25-10-14)32-20(31)29-6-4-28(5-7-29)19-26-11-16(12-27-19)15-2-3-15/h9-13,15H,2-8H2,1H3,(H,25,30). The van der Waals surface area contributed by atoms with Gasteiger partial charge in [-0.1, -0.05) is 0 Å². The lowest BCUT2D eigenvalue weighted by atomic mass is 10.1. The maximum atomic E-state index is 12.9. The number of ether oxygens (including phenoxy) is 1. The molecule has 1 aliphatic heterocycles. The number of amides is 1. The summed E-state index contributed by atoms with van der Waals surface area (Å²) in [5.74, 6) is 1.23. The van der Waals surface area contributed by atoms with Crippen LogP contribution in [0.4, 0.5) is 23.9 Å². The van der Waals surface area contributed by atoms with Gasteiger partial charge in [0.15, 0.2) is 0 Å². The van der Waals surface area contributed by atoms with Crippen molar-refractivity contribution in [2.45, 2.75) is 44.4 Å². The highest BCUT2D eigenvalue weighted by molar-refractivity contribution is 5.68. The Morgan fingerprint density at radius 3 is 2.47 bits per heavy atom. The van der Waals surface area contributed by atoms with E-state index in [1.54, 1.807) is 11.8 Å². The molecule has 1 N–H and O–H groups in total. The number of hydrogen-bond donors (Lipinski definition) is 1. The fourth-order valence-electron chi connectivity index (χ4n) is 3.69. The Labute approximate surface area is 182 Å². The van der Waals surface area contributed by atoms with Gasteiger partial charge in [-0.2, -0.15) is 13.2 Å². The molecular weight excluding hydrogens is 427 g/mol. The fraction of sp³-hybridized carbons (Fsp3) is 0.524. The monoisotopic (exact) mass is 451 g/mol. The van der Waals surface area contributed by atoms with E-state index in [1.807, 2.05) is 17.3 Å². The quantitative estimate of drug-likeness (QED) is 0.752. The second kappa shape index (κ2) is 8.79. The molecule has 32 heavy (non-hydrogen) atoms. The SMILES string of the molecule is CC(Cc1c[nH]c(=O)c(C(F)(F)F)c1)OC(=O)N1CCN(c2ncc(C3CC3)cn2)CC1. The fourth-order valence-corrected chi connectivity index (χ4v) is 3.69. The van der Waals surface area contributed by atoms with Gasteiger partial charge in [0.05, 0.1) is 0 Å². The molecule has 11 heteroatoms. The van der Waals surface area contributed by atoms with Gasteiger partial charge in [0.2, 0.25) is 5.95 Å². The van der Waals surface area contributed by atoms with Crippen LogP contribution in [0.3, 0.4) is 0 Å². The molecule has 0 bridgehead atoms. The Morgan fingerprint density at radius 1 is 1.22 bits per heavy atom. The summed E-state index contributed by atoms with van der Waals surface area (Å²) in [6.45, 7) is 3.57. The first-order valence-corrected chi connectivity index (χ1v) is 10.5. The first-order chi connectivity index (χ1) is 15.2. The van der Waals surface area contributed by atoms with Crippen LogP contribution in [0.25, 0.3) is 0 Å². The summed E-state index contributed by atoms with van der Waals surface area (Å²) < 4.78 is 44.1. The summed E-state index contributed by atoms with van der Waals surface area (Å²) in [6.07, 6.45) is 1.43. The zero-order valence-electron chi connectivity index (χ0n) is 17.6. The van der Waals surface area contributed by atoms with E-state index in [1.165, 1.54) is 19.0 Å². The highest BCUT2D eigenvalue weighted by Gasteiger charge is 2.34. The number of nitrogens with one attached hydrogen (secondary N) is 1. The Balaban J connectivity index is 1.27. The van der Waals surface area contributed by atoms with Gasteiger partial charge in [-0.3, -0.25) is 4.79 Å². The minimum Gasteiger partial charge on any atom is -0.446 e. The van der Waals surface area contributed by atoms with Crippen molar-refractivity contribution in [1.29, 1.82) is 0 Å². The first kappa shape index (κ1) is 22.1. The molecule has 2 aromatic heterocycles. The van der Waals surface area contributed by atoms with Crippen LogP contribution in [-0.4, -0.2) is 58.2 Å². The highest BCUT2D eigenvalue weighted by atomic mass is 19.4. The second-order valence-electron chi connectivity index (χ2n) is 8.21. The van der Waals surface area contributed by atoms with Gasteiger partial charge in [0.1, 0.15) is 11.7 Å². The molecule has 172 valence electrons. The van der Waals surface area contributed by atoms with Gasteiger partial charge in [-0.05, 0) is 42.9 Å². The van der Waals surface area contributed by atoms with Crippen molar-refractivity contribution >= 4 is 12.0 Å². The van der Waals surface area contributed by atoms with Crippen LogP contribution < -0.4 is 10.5 Å².